The molecular formula is C17H24O2. The summed E-state index contributed by atoms with van der Waals surface area (Å²) in [5.74, 6) is 0.914. The van der Waals surface area contributed by atoms with Crippen LogP contribution in [0.2, 0.25) is 0 Å². The van der Waals surface area contributed by atoms with Gasteiger partial charge in [-0.1, -0.05) is 23.8 Å². The van der Waals surface area contributed by atoms with Crippen LogP contribution in [0, 0.1) is 0 Å². The smallest absolute Gasteiger partial charge is 0.118 e. The lowest BCUT2D eigenvalue weighted by Crippen LogP contribution is -2.02. The van der Waals surface area contributed by atoms with Crippen molar-refractivity contribution < 1.29 is 9.47 Å². The highest BCUT2D eigenvalue weighted by molar-refractivity contribution is 5.28. The van der Waals surface area contributed by atoms with Gasteiger partial charge in [0, 0.05) is 0 Å². The van der Waals surface area contributed by atoms with E-state index in [0.717, 1.165) is 25.0 Å². The lowest BCUT2D eigenvalue weighted by molar-refractivity contribution is 0.320. The van der Waals surface area contributed by atoms with Gasteiger partial charge in [0.2, 0.25) is 0 Å². The topological polar surface area (TPSA) is 21.8 Å². The summed E-state index contributed by atoms with van der Waals surface area (Å²) in [6, 6.07) is 8.27. The highest BCUT2D eigenvalue weighted by Gasteiger charge is 2.46. The molecule has 0 bridgehead atoms. The van der Waals surface area contributed by atoms with Crippen LogP contribution in [-0.4, -0.2) is 18.8 Å². The van der Waals surface area contributed by atoms with E-state index in [9.17, 15) is 0 Å². The largest absolute Gasteiger partial charge is 0.497 e. The number of ether oxygens (including phenoxy) is 2. The van der Waals surface area contributed by atoms with Crippen LogP contribution in [0.4, 0.5) is 0 Å². The number of rotatable bonds is 6. The molecular weight excluding hydrogens is 236 g/mol. The molecule has 1 atom stereocenters. The fourth-order valence-corrected chi connectivity index (χ4v) is 2.25. The highest BCUT2D eigenvalue weighted by atomic mass is 16.6. The van der Waals surface area contributed by atoms with Crippen molar-refractivity contribution in [1.29, 1.82) is 0 Å². The first-order valence-electron chi connectivity index (χ1n) is 6.97. The zero-order chi connectivity index (χ0) is 13.9. The Hall–Kier alpha value is -1.28. The molecule has 1 heterocycles. The number of benzene rings is 1. The molecule has 1 saturated heterocycles. The van der Waals surface area contributed by atoms with Gasteiger partial charge in [-0.2, -0.15) is 0 Å². The van der Waals surface area contributed by atoms with E-state index in [4.69, 9.17) is 9.47 Å². The van der Waals surface area contributed by atoms with Gasteiger partial charge >= 0.3 is 0 Å². The molecule has 2 nitrogen and oxygen atoms in total. The van der Waals surface area contributed by atoms with E-state index in [1.165, 1.54) is 11.1 Å². The van der Waals surface area contributed by atoms with Crippen LogP contribution in [0.5, 0.6) is 5.75 Å². The predicted octanol–water partition coefficient (Wildman–Crippen LogP) is 4.14. The van der Waals surface area contributed by atoms with Gasteiger partial charge in [0.15, 0.2) is 0 Å². The Bertz CT molecular complexity index is 443. The zero-order valence-electron chi connectivity index (χ0n) is 12.4. The molecule has 1 unspecified atom stereocenters. The summed E-state index contributed by atoms with van der Waals surface area (Å²) in [4.78, 5) is 0. The summed E-state index contributed by atoms with van der Waals surface area (Å²) >= 11 is 0. The third kappa shape index (κ3) is 4.10. The number of hydrogen-bond acceptors (Lipinski definition) is 2. The van der Waals surface area contributed by atoms with Gasteiger partial charge in [0.1, 0.15) is 5.75 Å². The maximum Gasteiger partial charge on any atom is 0.118 e. The first kappa shape index (κ1) is 14.1. The maximum atomic E-state index is 5.60. The Morgan fingerprint density at radius 1 is 1.32 bits per heavy atom. The molecule has 1 aromatic rings. The third-order valence-corrected chi connectivity index (χ3v) is 3.81. The lowest BCUT2D eigenvalue weighted by atomic mass is 10.0. The molecule has 19 heavy (non-hydrogen) atoms. The molecule has 1 aliphatic heterocycles. The van der Waals surface area contributed by atoms with Crippen molar-refractivity contribution in [2.75, 3.05) is 7.11 Å². The first-order valence-corrected chi connectivity index (χ1v) is 6.97. The van der Waals surface area contributed by atoms with Crippen LogP contribution in [0.15, 0.2) is 35.9 Å². The lowest BCUT2D eigenvalue weighted by Gasteiger charge is -2.03. The second-order valence-corrected chi connectivity index (χ2v) is 5.85. The summed E-state index contributed by atoms with van der Waals surface area (Å²) in [6.45, 7) is 6.53. The Balaban J connectivity index is 1.77. The molecule has 0 amide bonds. The monoisotopic (exact) mass is 260 g/mol. The predicted molar refractivity (Wildman–Crippen MR) is 78.6 cm³/mol. The maximum absolute atomic E-state index is 5.60. The number of hydrogen-bond donors (Lipinski definition) is 0. The summed E-state index contributed by atoms with van der Waals surface area (Å²) in [6.07, 6.45) is 6.03. The average molecular weight is 260 g/mol. The van der Waals surface area contributed by atoms with Crippen LogP contribution >= 0.6 is 0 Å². The highest BCUT2D eigenvalue weighted by Crippen LogP contribution is 2.38. The molecule has 1 fully saturated rings. The second-order valence-electron chi connectivity index (χ2n) is 5.85. The van der Waals surface area contributed by atoms with Crippen molar-refractivity contribution in [2.24, 2.45) is 0 Å². The molecule has 2 rings (SSSR count). The van der Waals surface area contributed by atoms with Crippen molar-refractivity contribution in [2.45, 2.75) is 51.7 Å². The van der Waals surface area contributed by atoms with E-state index in [1.54, 1.807) is 7.11 Å². The fraction of sp³-hybridized carbons (Fsp3) is 0.529. The molecule has 1 aliphatic rings. The van der Waals surface area contributed by atoms with E-state index in [-0.39, 0.29) is 5.60 Å². The molecule has 0 aromatic heterocycles. The fourth-order valence-electron chi connectivity index (χ4n) is 2.25. The van der Waals surface area contributed by atoms with Gasteiger partial charge in [-0.25, -0.2) is 0 Å². The first-order chi connectivity index (χ1) is 9.01. The average Bonchev–Trinajstić information content (AvgIpc) is 3.02. The minimum atomic E-state index is 0.121. The van der Waals surface area contributed by atoms with E-state index in [2.05, 4.69) is 39.0 Å². The van der Waals surface area contributed by atoms with E-state index in [1.807, 2.05) is 12.1 Å². The SMILES string of the molecule is COc1ccc(C/C=C(\C)CCC2OC2(C)C)cc1. The third-order valence-electron chi connectivity index (χ3n) is 3.81. The minimum Gasteiger partial charge on any atom is -0.497 e. The Morgan fingerprint density at radius 2 is 1.95 bits per heavy atom. The quantitative estimate of drug-likeness (QED) is 0.566. The van der Waals surface area contributed by atoms with Gasteiger partial charge in [0.25, 0.3) is 0 Å². The molecule has 0 saturated carbocycles. The minimum absolute atomic E-state index is 0.121. The van der Waals surface area contributed by atoms with Crippen molar-refractivity contribution in [1.82, 2.24) is 0 Å². The van der Waals surface area contributed by atoms with Crippen LogP contribution in [0.3, 0.4) is 0 Å². The van der Waals surface area contributed by atoms with Crippen LogP contribution < -0.4 is 4.74 Å². The van der Waals surface area contributed by atoms with Crippen molar-refractivity contribution in [3.63, 3.8) is 0 Å². The molecule has 2 heteroatoms. The summed E-state index contributed by atoms with van der Waals surface area (Å²) in [5, 5.41) is 0. The van der Waals surface area contributed by atoms with E-state index in [0.29, 0.717) is 6.10 Å². The van der Waals surface area contributed by atoms with Crippen LogP contribution in [-0.2, 0) is 11.2 Å². The summed E-state index contributed by atoms with van der Waals surface area (Å²) in [5.41, 5.74) is 2.89. The number of epoxide rings is 1. The van der Waals surface area contributed by atoms with Crippen molar-refractivity contribution >= 4 is 0 Å². The van der Waals surface area contributed by atoms with Gasteiger partial charge in [-0.3, -0.25) is 0 Å². The standard InChI is InChI=1S/C17H24O2/c1-13(6-12-16-17(2,3)19-16)5-7-14-8-10-15(18-4)11-9-14/h5,8-11,16H,6-7,12H2,1-4H3/b13-5+. The Kier molecular flexibility index (Phi) is 4.31. The number of allylic oxidation sites excluding steroid dienone is 2. The summed E-state index contributed by atoms with van der Waals surface area (Å²) < 4.78 is 10.8. The number of methoxy groups -OCH3 is 1. The molecule has 104 valence electrons. The molecule has 0 spiro atoms. The van der Waals surface area contributed by atoms with Gasteiger partial charge < -0.3 is 9.47 Å². The Labute approximate surface area is 116 Å². The van der Waals surface area contributed by atoms with Crippen LogP contribution in [0.1, 0.15) is 39.2 Å². The van der Waals surface area contributed by atoms with E-state index < -0.39 is 0 Å². The molecule has 0 N–H and O–H groups in total. The Morgan fingerprint density at radius 3 is 2.47 bits per heavy atom. The van der Waals surface area contributed by atoms with Crippen molar-refractivity contribution in [3.05, 3.63) is 41.5 Å². The van der Waals surface area contributed by atoms with Gasteiger partial charge in [0.05, 0.1) is 18.8 Å². The van der Waals surface area contributed by atoms with Gasteiger partial charge in [-0.15, -0.1) is 0 Å². The zero-order valence-corrected chi connectivity index (χ0v) is 12.4. The normalized spacial score (nSPS) is 21.3. The van der Waals surface area contributed by atoms with Crippen molar-refractivity contribution in [3.8, 4) is 5.75 Å². The summed E-state index contributed by atoms with van der Waals surface area (Å²) in [7, 11) is 1.69. The van der Waals surface area contributed by atoms with E-state index >= 15 is 0 Å². The molecule has 0 radical (unpaired) electrons. The van der Waals surface area contributed by atoms with Crippen LogP contribution in [0.25, 0.3) is 0 Å². The van der Waals surface area contributed by atoms with Gasteiger partial charge in [-0.05, 0) is 57.7 Å². The second kappa shape index (κ2) is 5.79. The molecule has 1 aromatic carbocycles. The molecule has 0 aliphatic carbocycles.